The van der Waals surface area contributed by atoms with Crippen LogP contribution in [0.2, 0.25) is 0 Å². The first-order chi connectivity index (χ1) is 18.5. The van der Waals surface area contributed by atoms with E-state index < -0.39 is 0 Å². The molecular formula is C31H31N3O4. The van der Waals surface area contributed by atoms with Crippen molar-refractivity contribution in [2.45, 2.75) is 45.9 Å². The predicted molar refractivity (Wildman–Crippen MR) is 144 cm³/mol. The molecule has 3 heterocycles. The summed E-state index contributed by atoms with van der Waals surface area (Å²) in [6.45, 7) is 5.16. The minimum atomic E-state index is -0.308. The summed E-state index contributed by atoms with van der Waals surface area (Å²) in [7, 11) is 0. The number of nitrogens with one attached hydrogen (secondary N) is 1. The van der Waals surface area contributed by atoms with E-state index in [0.29, 0.717) is 31.0 Å². The monoisotopic (exact) mass is 509 g/mol. The number of rotatable bonds is 8. The van der Waals surface area contributed by atoms with E-state index in [0.717, 1.165) is 28.8 Å². The first-order valence-electron chi connectivity index (χ1n) is 12.9. The quantitative estimate of drug-likeness (QED) is 0.345. The van der Waals surface area contributed by atoms with Crippen molar-refractivity contribution in [1.82, 2.24) is 15.2 Å². The molecule has 7 nitrogen and oxygen atoms in total. The van der Waals surface area contributed by atoms with Gasteiger partial charge in [-0.25, -0.2) is 0 Å². The molecule has 0 spiro atoms. The maximum Gasteiger partial charge on any atom is 0.287 e. The molecule has 0 unspecified atom stereocenters. The summed E-state index contributed by atoms with van der Waals surface area (Å²) in [4.78, 5) is 31.5. The van der Waals surface area contributed by atoms with Crippen LogP contribution in [0.25, 0.3) is 0 Å². The fraction of sp³-hybridized carbons (Fsp3) is 0.258. The lowest BCUT2D eigenvalue weighted by Crippen LogP contribution is -2.40. The maximum absolute atomic E-state index is 12.9. The van der Waals surface area contributed by atoms with Crippen molar-refractivity contribution in [3.63, 3.8) is 0 Å². The number of fused-ring (bicyclic) bond motifs is 1. The van der Waals surface area contributed by atoms with Gasteiger partial charge >= 0.3 is 0 Å². The van der Waals surface area contributed by atoms with E-state index >= 15 is 0 Å². The number of amides is 2. The van der Waals surface area contributed by atoms with Crippen molar-refractivity contribution >= 4 is 11.8 Å². The molecule has 0 aliphatic carbocycles. The molecule has 2 aromatic carbocycles. The van der Waals surface area contributed by atoms with Gasteiger partial charge in [-0.15, -0.1) is 0 Å². The third-order valence-corrected chi connectivity index (χ3v) is 6.75. The minimum absolute atomic E-state index is 0.137. The Bertz CT molecular complexity index is 1430. The number of ether oxygens (including phenoxy) is 1. The van der Waals surface area contributed by atoms with Gasteiger partial charge in [-0.05, 0) is 66.4 Å². The molecule has 1 aliphatic rings. The Morgan fingerprint density at radius 3 is 2.76 bits per heavy atom. The number of aryl methyl sites for hydroxylation is 1. The second-order valence-electron chi connectivity index (χ2n) is 9.43. The third kappa shape index (κ3) is 5.62. The Balaban J connectivity index is 1.30. The lowest BCUT2D eigenvalue weighted by atomic mass is 9.87. The SMILES string of the molecule is CCC(=O)N1CCc2ccc(OCc3ccc(C(=O)NCc4ccccn4)o3)cc2[C@H]1c1cccc(C)c1. The fourth-order valence-corrected chi connectivity index (χ4v) is 4.85. The highest BCUT2D eigenvalue weighted by molar-refractivity contribution is 5.91. The van der Waals surface area contributed by atoms with Gasteiger partial charge in [0.2, 0.25) is 5.91 Å². The van der Waals surface area contributed by atoms with Crippen LogP contribution in [-0.2, 0) is 24.4 Å². The van der Waals surface area contributed by atoms with Gasteiger partial charge in [0.1, 0.15) is 18.1 Å². The molecule has 0 bridgehead atoms. The maximum atomic E-state index is 12.9. The van der Waals surface area contributed by atoms with Gasteiger partial charge in [0.25, 0.3) is 5.91 Å². The topological polar surface area (TPSA) is 84.7 Å². The lowest BCUT2D eigenvalue weighted by Gasteiger charge is -2.38. The molecule has 194 valence electrons. The van der Waals surface area contributed by atoms with Crippen molar-refractivity contribution in [2.75, 3.05) is 6.54 Å². The Morgan fingerprint density at radius 2 is 1.97 bits per heavy atom. The molecule has 5 rings (SSSR count). The minimum Gasteiger partial charge on any atom is -0.486 e. The number of furan rings is 1. The van der Waals surface area contributed by atoms with E-state index in [9.17, 15) is 9.59 Å². The van der Waals surface area contributed by atoms with Crippen molar-refractivity contribution in [3.8, 4) is 5.75 Å². The summed E-state index contributed by atoms with van der Waals surface area (Å²) < 4.78 is 11.8. The van der Waals surface area contributed by atoms with Crippen LogP contribution in [0, 0.1) is 6.92 Å². The fourth-order valence-electron chi connectivity index (χ4n) is 4.85. The van der Waals surface area contributed by atoms with Gasteiger partial charge in [-0.2, -0.15) is 0 Å². The number of hydrogen-bond acceptors (Lipinski definition) is 5. The number of hydrogen-bond donors (Lipinski definition) is 1. The highest BCUT2D eigenvalue weighted by Gasteiger charge is 2.31. The Morgan fingerprint density at radius 1 is 1.08 bits per heavy atom. The number of carbonyl (C=O) groups is 2. The second kappa shape index (κ2) is 11.3. The number of pyridine rings is 1. The summed E-state index contributed by atoms with van der Waals surface area (Å²) in [5.41, 5.74) is 5.32. The van der Waals surface area contributed by atoms with Crippen molar-refractivity contribution in [3.05, 3.63) is 118 Å². The second-order valence-corrected chi connectivity index (χ2v) is 9.43. The van der Waals surface area contributed by atoms with E-state index in [4.69, 9.17) is 9.15 Å². The standard InChI is InChI=1S/C31H31N3O4/c1-3-29(35)34-16-14-22-10-11-25(18-27(22)30(34)23-8-6-7-21(2)17-23)37-20-26-12-13-28(38-26)31(36)33-19-24-9-4-5-15-32-24/h4-13,15,17-18,30H,3,14,16,19-20H2,1-2H3,(H,33,36)/t30-/m1/s1. The Hall–Kier alpha value is -4.39. The summed E-state index contributed by atoms with van der Waals surface area (Å²) in [6, 6.07) is 23.2. The van der Waals surface area contributed by atoms with E-state index in [-0.39, 0.29) is 30.2 Å². The van der Waals surface area contributed by atoms with Crippen LogP contribution in [-0.4, -0.2) is 28.2 Å². The molecule has 0 saturated carbocycles. The third-order valence-electron chi connectivity index (χ3n) is 6.75. The summed E-state index contributed by atoms with van der Waals surface area (Å²) >= 11 is 0. The van der Waals surface area contributed by atoms with Gasteiger partial charge in [-0.3, -0.25) is 14.6 Å². The molecule has 1 aliphatic heterocycles. The molecule has 0 fully saturated rings. The first kappa shape index (κ1) is 25.3. The lowest BCUT2D eigenvalue weighted by molar-refractivity contribution is -0.132. The molecule has 2 aromatic heterocycles. The number of benzene rings is 2. The number of aromatic nitrogens is 1. The summed E-state index contributed by atoms with van der Waals surface area (Å²) in [6.07, 6.45) is 2.95. The van der Waals surface area contributed by atoms with Crippen LogP contribution < -0.4 is 10.1 Å². The van der Waals surface area contributed by atoms with E-state index in [1.165, 1.54) is 5.56 Å². The van der Waals surface area contributed by atoms with Gasteiger partial charge in [0.15, 0.2) is 5.76 Å². The van der Waals surface area contributed by atoms with Gasteiger partial charge in [-0.1, -0.05) is 48.9 Å². The molecule has 2 amide bonds. The normalized spacial score (nSPS) is 14.6. The molecule has 1 atom stereocenters. The van der Waals surface area contributed by atoms with Gasteiger partial charge in [0.05, 0.1) is 18.3 Å². The van der Waals surface area contributed by atoms with Crippen LogP contribution in [0.15, 0.2) is 83.4 Å². The molecule has 1 N–H and O–H groups in total. The van der Waals surface area contributed by atoms with Crippen molar-refractivity contribution in [1.29, 1.82) is 0 Å². The average molecular weight is 510 g/mol. The van der Waals surface area contributed by atoms with Crippen LogP contribution in [0.4, 0.5) is 0 Å². The zero-order chi connectivity index (χ0) is 26.5. The van der Waals surface area contributed by atoms with Gasteiger partial charge < -0.3 is 19.4 Å². The van der Waals surface area contributed by atoms with E-state index in [1.54, 1.807) is 18.3 Å². The predicted octanol–water partition coefficient (Wildman–Crippen LogP) is 5.38. The van der Waals surface area contributed by atoms with Crippen molar-refractivity contribution < 1.29 is 18.7 Å². The van der Waals surface area contributed by atoms with E-state index in [1.807, 2.05) is 48.2 Å². The molecule has 4 aromatic rings. The smallest absolute Gasteiger partial charge is 0.287 e. The van der Waals surface area contributed by atoms with Crippen LogP contribution >= 0.6 is 0 Å². The van der Waals surface area contributed by atoms with Crippen molar-refractivity contribution in [2.24, 2.45) is 0 Å². The largest absolute Gasteiger partial charge is 0.486 e. The zero-order valence-corrected chi connectivity index (χ0v) is 21.6. The number of nitrogens with zero attached hydrogens (tertiary/aromatic N) is 2. The molecule has 0 saturated heterocycles. The first-order valence-corrected chi connectivity index (χ1v) is 12.9. The van der Waals surface area contributed by atoms with Crippen LogP contribution in [0.3, 0.4) is 0 Å². The Labute approximate surface area is 222 Å². The highest BCUT2D eigenvalue weighted by Crippen LogP contribution is 2.38. The number of carbonyl (C=O) groups excluding carboxylic acids is 2. The van der Waals surface area contributed by atoms with Gasteiger partial charge in [0, 0.05) is 19.2 Å². The Kier molecular flexibility index (Phi) is 7.54. The molecule has 7 heteroatoms. The summed E-state index contributed by atoms with van der Waals surface area (Å²) in [5.74, 6) is 1.28. The average Bonchev–Trinajstić information content (AvgIpc) is 3.43. The van der Waals surface area contributed by atoms with E-state index in [2.05, 4.69) is 41.5 Å². The highest BCUT2D eigenvalue weighted by atomic mass is 16.5. The molecule has 0 radical (unpaired) electrons. The van der Waals surface area contributed by atoms with Crippen LogP contribution in [0.1, 0.15) is 63.6 Å². The zero-order valence-electron chi connectivity index (χ0n) is 21.6. The van der Waals surface area contributed by atoms with Crippen LogP contribution in [0.5, 0.6) is 5.75 Å². The summed E-state index contributed by atoms with van der Waals surface area (Å²) in [5, 5.41) is 2.81. The molecular weight excluding hydrogens is 478 g/mol. The molecule has 38 heavy (non-hydrogen) atoms.